The summed E-state index contributed by atoms with van der Waals surface area (Å²) in [5.74, 6) is 1.49. The first-order chi connectivity index (χ1) is 5.07. The van der Waals surface area contributed by atoms with Crippen LogP contribution in [0.25, 0.3) is 0 Å². The van der Waals surface area contributed by atoms with Gasteiger partial charge in [-0.15, -0.1) is 0 Å². The van der Waals surface area contributed by atoms with Crippen LogP contribution in [-0.4, -0.2) is 0 Å². The minimum Gasteiger partial charge on any atom is -0.0996 e. The van der Waals surface area contributed by atoms with E-state index in [1.807, 2.05) is 0 Å². The molecule has 0 nitrogen and oxygen atoms in total. The van der Waals surface area contributed by atoms with E-state index >= 15 is 0 Å². The summed E-state index contributed by atoms with van der Waals surface area (Å²) in [6.07, 6.45) is 3.77. The van der Waals surface area contributed by atoms with E-state index in [4.69, 9.17) is 0 Å². The highest BCUT2D eigenvalue weighted by molar-refractivity contribution is 4.99. The molecule has 0 bridgehead atoms. The van der Waals surface area contributed by atoms with Gasteiger partial charge in [0, 0.05) is 0 Å². The summed E-state index contributed by atoms with van der Waals surface area (Å²) in [5.41, 5.74) is 1.43. The van der Waals surface area contributed by atoms with E-state index in [2.05, 4.69) is 34.3 Å². The molecule has 0 fully saturated rings. The van der Waals surface area contributed by atoms with Gasteiger partial charge < -0.3 is 0 Å². The molecule has 66 valence electrons. The predicted molar refractivity (Wildman–Crippen MR) is 52.7 cm³/mol. The standard InChI is InChI=1S/C11H22/c1-6-7-10(4)11(5)8-9(2)3/h9-10H,5-8H2,1-4H3. The average Bonchev–Trinajstić information content (AvgIpc) is 1.86. The van der Waals surface area contributed by atoms with E-state index < -0.39 is 0 Å². The molecular weight excluding hydrogens is 132 g/mol. The molecule has 1 unspecified atom stereocenters. The quantitative estimate of drug-likeness (QED) is 0.524. The largest absolute Gasteiger partial charge is 0.0996 e. The molecule has 0 spiro atoms. The van der Waals surface area contributed by atoms with Gasteiger partial charge in [0.25, 0.3) is 0 Å². The van der Waals surface area contributed by atoms with Gasteiger partial charge in [-0.25, -0.2) is 0 Å². The topological polar surface area (TPSA) is 0 Å². The number of allylic oxidation sites excluding steroid dienone is 1. The molecule has 0 aromatic rings. The third-order valence-electron chi connectivity index (χ3n) is 2.09. The average molecular weight is 154 g/mol. The molecule has 0 saturated heterocycles. The lowest BCUT2D eigenvalue weighted by Gasteiger charge is -2.15. The second kappa shape index (κ2) is 5.40. The fourth-order valence-corrected chi connectivity index (χ4v) is 1.36. The molecule has 0 heteroatoms. The Hall–Kier alpha value is -0.260. The van der Waals surface area contributed by atoms with Crippen LogP contribution in [0.3, 0.4) is 0 Å². The third-order valence-corrected chi connectivity index (χ3v) is 2.09. The van der Waals surface area contributed by atoms with Crippen LogP contribution >= 0.6 is 0 Å². The molecule has 0 N–H and O–H groups in total. The Bertz CT molecular complexity index is 111. The molecule has 0 saturated carbocycles. The second-order valence-corrected chi connectivity index (χ2v) is 3.95. The van der Waals surface area contributed by atoms with Gasteiger partial charge in [0.1, 0.15) is 0 Å². The first kappa shape index (κ1) is 10.7. The number of hydrogen-bond donors (Lipinski definition) is 0. The van der Waals surface area contributed by atoms with Gasteiger partial charge in [0.2, 0.25) is 0 Å². The van der Waals surface area contributed by atoms with Crippen molar-refractivity contribution in [3.63, 3.8) is 0 Å². The normalized spacial score (nSPS) is 13.5. The van der Waals surface area contributed by atoms with E-state index in [-0.39, 0.29) is 0 Å². The van der Waals surface area contributed by atoms with Gasteiger partial charge in [-0.3, -0.25) is 0 Å². The molecular formula is C11H22. The van der Waals surface area contributed by atoms with Crippen molar-refractivity contribution in [2.24, 2.45) is 11.8 Å². The lowest BCUT2D eigenvalue weighted by molar-refractivity contribution is 0.534. The van der Waals surface area contributed by atoms with Crippen molar-refractivity contribution in [3.05, 3.63) is 12.2 Å². The van der Waals surface area contributed by atoms with E-state index in [0.29, 0.717) is 0 Å². The van der Waals surface area contributed by atoms with Crippen LogP contribution < -0.4 is 0 Å². The molecule has 0 rings (SSSR count). The van der Waals surface area contributed by atoms with E-state index in [9.17, 15) is 0 Å². The minimum atomic E-state index is 0.724. The Morgan fingerprint density at radius 2 is 1.82 bits per heavy atom. The lowest BCUT2D eigenvalue weighted by atomic mass is 9.91. The predicted octanol–water partition coefficient (Wildman–Crippen LogP) is 4.02. The van der Waals surface area contributed by atoms with Gasteiger partial charge >= 0.3 is 0 Å². The Kier molecular flexibility index (Phi) is 5.27. The summed E-state index contributed by atoms with van der Waals surface area (Å²) < 4.78 is 0. The zero-order valence-electron chi connectivity index (χ0n) is 8.48. The summed E-state index contributed by atoms with van der Waals surface area (Å²) in [5, 5.41) is 0. The van der Waals surface area contributed by atoms with E-state index in [0.717, 1.165) is 11.8 Å². The summed E-state index contributed by atoms with van der Waals surface area (Å²) in [4.78, 5) is 0. The van der Waals surface area contributed by atoms with Gasteiger partial charge in [-0.1, -0.05) is 46.3 Å². The maximum absolute atomic E-state index is 4.11. The first-order valence-corrected chi connectivity index (χ1v) is 4.75. The molecule has 0 aromatic carbocycles. The van der Waals surface area contributed by atoms with Gasteiger partial charge in [0.05, 0.1) is 0 Å². The van der Waals surface area contributed by atoms with Crippen LogP contribution in [0.5, 0.6) is 0 Å². The SMILES string of the molecule is C=C(CC(C)C)C(C)CCC. The van der Waals surface area contributed by atoms with Crippen LogP contribution in [0.4, 0.5) is 0 Å². The van der Waals surface area contributed by atoms with E-state index in [1.165, 1.54) is 24.8 Å². The molecule has 1 atom stereocenters. The Balaban J connectivity index is 3.64. The first-order valence-electron chi connectivity index (χ1n) is 4.75. The monoisotopic (exact) mass is 154 g/mol. The van der Waals surface area contributed by atoms with E-state index in [1.54, 1.807) is 0 Å². The molecule has 0 aromatic heterocycles. The maximum Gasteiger partial charge on any atom is -0.0234 e. The Morgan fingerprint density at radius 1 is 1.27 bits per heavy atom. The second-order valence-electron chi connectivity index (χ2n) is 3.95. The van der Waals surface area contributed by atoms with Crippen molar-refractivity contribution in [1.82, 2.24) is 0 Å². The highest BCUT2D eigenvalue weighted by Gasteiger charge is 2.06. The molecule has 0 aliphatic heterocycles. The van der Waals surface area contributed by atoms with Gasteiger partial charge in [-0.2, -0.15) is 0 Å². The fraction of sp³-hybridized carbons (Fsp3) is 0.818. The molecule has 11 heavy (non-hydrogen) atoms. The van der Waals surface area contributed by atoms with Crippen LogP contribution in [0.15, 0.2) is 12.2 Å². The van der Waals surface area contributed by atoms with Crippen molar-refractivity contribution in [3.8, 4) is 0 Å². The summed E-state index contributed by atoms with van der Waals surface area (Å²) in [7, 11) is 0. The van der Waals surface area contributed by atoms with Gasteiger partial charge in [-0.05, 0) is 24.7 Å². The van der Waals surface area contributed by atoms with Crippen molar-refractivity contribution < 1.29 is 0 Å². The third kappa shape index (κ3) is 5.06. The highest BCUT2D eigenvalue weighted by atomic mass is 14.1. The van der Waals surface area contributed by atoms with Crippen molar-refractivity contribution in [2.75, 3.05) is 0 Å². The zero-order chi connectivity index (χ0) is 8.85. The van der Waals surface area contributed by atoms with Crippen molar-refractivity contribution in [2.45, 2.75) is 47.0 Å². The molecule has 0 aliphatic carbocycles. The van der Waals surface area contributed by atoms with Crippen LogP contribution in [0.1, 0.15) is 47.0 Å². The molecule has 0 aliphatic rings. The number of hydrogen-bond acceptors (Lipinski definition) is 0. The minimum absolute atomic E-state index is 0.724. The van der Waals surface area contributed by atoms with Crippen LogP contribution in [0.2, 0.25) is 0 Å². The highest BCUT2D eigenvalue weighted by Crippen LogP contribution is 2.21. The number of rotatable bonds is 5. The molecule has 0 radical (unpaired) electrons. The molecule has 0 heterocycles. The smallest absolute Gasteiger partial charge is 0.0234 e. The summed E-state index contributed by atoms with van der Waals surface area (Å²) in [6, 6.07) is 0. The molecule has 0 amide bonds. The maximum atomic E-state index is 4.11. The van der Waals surface area contributed by atoms with Crippen molar-refractivity contribution in [1.29, 1.82) is 0 Å². The summed E-state index contributed by atoms with van der Waals surface area (Å²) in [6.45, 7) is 13.1. The van der Waals surface area contributed by atoms with Crippen LogP contribution in [-0.2, 0) is 0 Å². The Morgan fingerprint density at radius 3 is 2.18 bits per heavy atom. The van der Waals surface area contributed by atoms with Gasteiger partial charge in [0.15, 0.2) is 0 Å². The summed E-state index contributed by atoms with van der Waals surface area (Å²) >= 11 is 0. The lowest BCUT2D eigenvalue weighted by Crippen LogP contribution is -2.01. The van der Waals surface area contributed by atoms with Crippen molar-refractivity contribution >= 4 is 0 Å². The zero-order valence-corrected chi connectivity index (χ0v) is 8.48. The van der Waals surface area contributed by atoms with Crippen LogP contribution in [0, 0.1) is 11.8 Å². The fourth-order valence-electron chi connectivity index (χ4n) is 1.36. The Labute approximate surface area is 71.7 Å².